The molecule has 1 amide bonds. The van der Waals surface area contributed by atoms with Crippen molar-refractivity contribution in [2.24, 2.45) is 5.92 Å². The van der Waals surface area contributed by atoms with Crippen molar-refractivity contribution in [2.75, 3.05) is 6.61 Å². The summed E-state index contributed by atoms with van der Waals surface area (Å²) in [5, 5.41) is 3.14. The second-order valence-electron chi connectivity index (χ2n) is 5.35. The third-order valence-corrected chi connectivity index (χ3v) is 3.80. The third kappa shape index (κ3) is 4.58. The first-order chi connectivity index (χ1) is 9.25. The molecular formula is C16H23NO2. The standard InChI is InChI=1S/C16H23NO2/c1-13-7-5-6-10-15(13)17-16(18)11-12-19-14-8-3-2-4-9-14/h2-4,8-9,13,15H,5-7,10-12H2,1H3,(H,17,18). The quantitative estimate of drug-likeness (QED) is 0.884. The molecule has 104 valence electrons. The minimum atomic E-state index is 0.106. The molecular weight excluding hydrogens is 238 g/mol. The van der Waals surface area contributed by atoms with Gasteiger partial charge in [0.05, 0.1) is 13.0 Å². The Balaban J connectivity index is 1.67. The number of rotatable bonds is 5. The van der Waals surface area contributed by atoms with Crippen molar-refractivity contribution in [3.63, 3.8) is 0 Å². The first kappa shape index (κ1) is 13.9. The van der Waals surface area contributed by atoms with Gasteiger partial charge < -0.3 is 10.1 Å². The summed E-state index contributed by atoms with van der Waals surface area (Å²) in [7, 11) is 0. The Morgan fingerprint density at radius 2 is 2.00 bits per heavy atom. The highest BCUT2D eigenvalue weighted by molar-refractivity contribution is 5.76. The van der Waals surface area contributed by atoms with E-state index in [0.29, 0.717) is 25.0 Å². The van der Waals surface area contributed by atoms with Crippen LogP contribution in [-0.2, 0) is 4.79 Å². The Bertz CT molecular complexity index is 391. The van der Waals surface area contributed by atoms with E-state index in [2.05, 4.69) is 12.2 Å². The summed E-state index contributed by atoms with van der Waals surface area (Å²) < 4.78 is 5.53. The maximum absolute atomic E-state index is 11.9. The Morgan fingerprint density at radius 1 is 1.26 bits per heavy atom. The van der Waals surface area contributed by atoms with E-state index >= 15 is 0 Å². The van der Waals surface area contributed by atoms with Gasteiger partial charge in [-0.1, -0.05) is 38.0 Å². The van der Waals surface area contributed by atoms with Crippen LogP contribution in [0.4, 0.5) is 0 Å². The van der Waals surface area contributed by atoms with Crippen LogP contribution >= 0.6 is 0 Å². The zero-order valence-corrected chi connectivity index (χ0v) is 11.6. The summed E-state index contributed by atoms with van der Waals surface area (Å²) in [6.45, 7) is 2.67. The molecule has 1 aromatic rings. The van der Waals surface area contributed by atoms with Crippen molar-refractivity contribution in [2.45, 2.75) is 45.1 Å². The zero-order chi connectivity index (χ0) is 13.5. The van der Waals surface area contributed by atoms with Crippen LogP contribution in [-0.4, -0.2) is 18.6 Å². The van der Waals surface area contributed by atoms with Crippen molar-refractivity contribution >= 4 is 5.91 Å². The van der Waals surface area contributed by atoms with Crippen LogP contribution in [0.25, 0.3) is 0 Å². The number of ether oxygens (including phenoxy) is 1. The van der Waals surface area contributed by atoms with Gasteiger partial charge in [0.2, 0.25) is 5.91 Å². The van der Waals surface area contributed by atoms with Gasteiger partial charge in [-0.3, -0.25) is 4.79 Å². The number of carbonyl (C=O) groups is 1. The van der Waals surface area contributed by atoms with E-state index in [0.717, 1.165) is 12.2 Å². The lowest BCUT2D eigenvalue weighted by atomic mass is 9.86. The zero-order valence-electron chi connectivity index (χ0n) is 11.6. The van der Waals surface area contributed by atoms with Gasteiger partial charge in [-0.25, -0.2) is 0 Å². The first-order valence-corrected chi connectivity index (χ1v) is 7.23. The normalized spacial score (nSPS) is 22.8. The van der Waals surface area contributed by atoms with E-state index in [-0.39, 0.29) is 5.91 Å². The van der Waals surface area contributed by atoms with Crippen molar-refractivity contribution in [1.29, 1.82) is 0 Å². The molecule has 0 spiro atoms. The summed E-state index contributed by atoms with van der Waals surface area (Å²) in [6, 6.07) is 9.97. The van der Waals surface area contributed by atoms with Gasteiger partial charge in [0.15, 0.2) is 0 Å². The smallest absolute Gasteiger partial charge is 0.223 e. The minimum absolute atomic E-state index is 0.106. The highest BCUT2D eigenvalue weighted by Gasteiger charge is 2.22. The number of hydrogen-bond acceptors (Lipinski definition) is 2. The van der Waals surface area contributed by atoms with Gasteiger partial charge in [0, 0.05) is 6.04 Å². The second-order valence-corrected chi connectivity index (χ2v) is 5.35. The van der Waals surface area contributed by atoms with Crippen LogP contribution in [0.2, 0.25) is 0 Å². The maximum Gasteiger partial charge on any atom is 0.223 e. The van der Waals surface area contributed by atoms with Gasteiger partial charge in [-0.15, -0.1) is 0 Å². The number of amides is 1. The number of hydrogen-bond donors (Lipinski definition) is 1. The summed E-state index contributed by atoms with van der Waals surface area (Å²) in [5.41, 5.74) is 0. The molecule has 2 atom stereocenters. The topological polar surface area (TPSA) is 38.3 Å². The summed E-state index contributed by atoms with van der Waals surface area (Å²) in [4.78, 5) is 11.9. The molecule has 1 N–H and O–H groups in total. The Morgan fingerprint density at radius 3 is 2.74 bits per heavy atom. The number of carbonyl (C=O) groups excluding carboxylic acids is 1. The fourth-order valence-corrected chi connectivity index (χ4v) is 2.59. The van der Waals surface area contributed by atoms with E-state index in [1.165, 1.54) is 19.3 Å². The molecule has 0 heterocycles. The fraction of sp³-hybridized carbons (Fsp3) is 0.562. The molecule has 1 aromatic carbocycles. The lowest BCUT2D eigenvalue weighted by Gasteiger charge is -2.29. The molecule has 0 aromatic heterocycles. The van der Waals surface area contributed by atoms with E-state index in [4.69, 9.17) is 4.74 Å². The lowest BCUT2D eigenvalue weighted by Crippen LogP contribution is -2.41. The molecule has 2 rings (SSSR count). The second kappa shape index (κ2) is 7.17. The molecule has 3 nitrogen and oxygen atoms in total. The van der Waals surface area contributed by atoms with Gasteiger partial charge in [-0.05, 0) is 30.9 Å². The van der Waals surface area contributed by atoms with E-state index in [1.54, 1.807) is 0 Å². The highest BCUT2D eigenvalue weighted by atomic mass is 16.5. The highest BCUT2D eigenvalue weighted by Crippen LogP contribution is 2.23. The van der Waals surface area contributed by atoms with Crippen LogP contribution in [0, 0.1) is 5.92 Å². The van der Waals surface area contributed by atoms with Crippen LogP contribution in [0.15, 0.2) is 30.3 Å². The number of nitrogens with one attached hydrogen (secondary N) is 1. The van der Waals surface area contributed by atoms with Gasteiger partial charge in [-0.2, -0.15) is 0 Å². The van der Waals surface area contributed by atoms with Crippen LogP contribution < -0.4 is 10.1 Å². The van der Waals surface area contributed by atoms with Crippen molar-refractivity contribution in [1.82, 2.24) is 5.32 Å². The Kier molecular flexibility index (Phi) is 5.25. The molecule has 1 aliphatic rings. The molecule has 3 heteroatoms. The molecule has 0 bridgehead atoms. The van der Waals surface area contributed by atoms with E-state index < -0.39 is 0 Å². The average Bonchev–Trinajstić information content (AvgIpc) is 2.43. The van der Waals surface area contributed by atoms with E-state index in [1.807, 2.05) is 30.3 Å². The van der Waals surface area contributed by atoms with Crippen molar-refractivity contribution < 1.29 is 9.53 Å². The Hall–Kier alpha value is -1.51. The van der Waals surface area contributed by atoms with Gasteiger partial charge in [0.1, 0.15) is 5.75 Å². The first-order valence-electron chi connectivity index (χ1n) is 7.23. The van der Waals surface area contributed by atoms with Crippen molar-refractivity contribution in [3.8, 4) is 5.75 Å². The van der Waals surface area contributed by atoms with Crippen LogP contribution in [0.5, 0.6) is 5.75 Å². The fourth-order valence-electron chi connectivity index (χ4n) is 2.59. The molecule has 1 fully saturated rings. The number of para-hydroxylation sites is 1. The average molecular weight is 261 g/mol. The van der Waals surface area contributed by atoms with Crippen LogP contribution in [0.1, 0.15) is 39.0 Å². The SMILES string of the molecule is CC1CCCCC1NC(=O)CCOc1ccccc1. The molecule has 1 saturated carbocycles. The van der Waals surface area contributed by atoms with E-state index in [9.17, 15) is 4.79 Å². The molecule has 1 aliphatic carbocycles. The maximum atomic E-state index is 11.9. The molecule has 0 radical (unpaired) electrons. The van der Waals surface area contributed by atoms with Gasteiger partial charge in [0.25, 0.3) is 0 Å². The Labute approximate surface area is 115 Å². The molecule has 0 saturated heterocycles. The monoisotopic (exact) mass is 261 g/mol. The minimum Gasteiger partial charge on any atom is -0.493 e. The van der Waals surface area contributed by atoms with Crippen LogP contribution in [0.3, 0.4) is 0 Å². The summed E-state index contributed by atoms with van der Waals surface area (Å²) in [5.74, 6) is 1.53. The number of benzene rings is 1. The lowest BCUT2D eigenvalue weighted by molar-refractivity contribution is -0.122. The summed E-state index contributed by atoms with van der Waals surface area (Å²) >= 11 is 0. The van der Waals surface area contributed by atoms with Crippen molar-refractivity contribution in [3.05, 3.63) is 30.3 Å². The van der Waals surface area contributed by atoms with Gasteiger partial charge >= 0.3 is 0 Å². The molecule has 0 aliphatic heterocycles. The molecule has 2 unspecified atom stereocenters. The predicted octanol–water partition coefficient (Wildman–Crippen LogP) is 3.15. The largest absolute Gasteiger partial charge is 0.493 e. The predicted molar refractivity (Wildman–Crippen MR) is 76.1 cm³/mol. The third-order valence-electron chi connectivity index (χ3n) is 3.80. The molecule has 19 heavy (non-hydrogen) atoms. The summed E-state index contributed by atoms with van der Waals surface area (Å²) in [6.07, 6.45) is 5.30.